The van der Waals surface area contributed by atoms with E-state index in [0.717, 1.165) is 0 Å². The summed E-state index contributed by atoms with van der Waals surface area (Å²) in [6, 6.07) is 12.7. The minimum absolute atomic E-state index is 0.175. The van der Waals surface area contributed by atoms with Gasteiger partial charge in [-0.05, 0) is 31.2 Å². The van der Waals surface area contributed by atoms with Gasteiger partial charge in [0.1, 0.15) is 5.82 Å². The van der Waals surface area contributed by atoms with Crippen molar-refractivity contribution in [2.75, 3.05) is 13.7 Å². The third kappa shape index (κ3) is 2.41. The molecule has 0 aliphatic rings. The van der Waals surface area contributed by atoms with Crippen LogP contribution < -0.4 is 15.0 Å². The second-order valence-electron chi connectivity index (χ2n) is 4.70. The molecule has 0 saturated heterocycles. The lowest BCUT2D eigenvalue weighted by atomic mass is 10.1. The zero-order chi connectivity index (χ0) is 15.5. The maximum Gasteiger partial charge on any atom is 0.259 e. The molecule has 0 spiro atoms. The summed E-state index contributed by atoms with van der Waals surface area (Å²) in [6.07, 6.45) is 0. The van der Waals surface area contributed by atoms with Crippen LogP contribution in [0.25, 0.3) is 22.3 Å². The lowest BCUT2D eigenvalue weighted by Gasteiger charge is -2.13. The van der Waals surface area contributed by atoms with E-state index in [2.05, 4.69) is 9.97 Å². The van der Waals surface area contributed by atoms with E-state index in [4.69, 9.17) is 9.47 Å². The van der Waals surface area contributed by atoms with Gasteiger partial charge in [-0.25, -0.2) is 4.98 Å². The fourth-order valence-electron chi connectivity index (χ4n) is 2.37. The number of aromatic nitrogens is 2. The van der Waals surface area contributed by atoms with Crippen LogP contribution in [0.5, 0.6) is 11.5 Å². The fraction of sp³-hybridized carbons (Fsp3) is 0.176. The smallest absolute Gasteiger partial charge is 0.259 e. The second kappa shape index (κ2) is 5.89. The van der Waals surface area contributed by atoms with Crippen molar-refractivity contribution >= 4 is 10.9 Å². The predicted molar refractivity (Wildman–Crippen MR) is 85.5 cm³/mol. The first-order valence-electron chi connectivity index (χ1n) is 7.03. The van der Waals surface area contributed by atoms with Crippen LogP contribution in [0.15, 0.2) is 47.3 Å². The Morgan fingerprint density at radius 2 is 1.95 bits per heavy atom. The second-order valence-corrected chi connectivity index (χ2v) is 4.70. The number of fused-ring (bicyclic) bond motifs is 1. The molecule has 2 aromatic carbocycles. The van der Waals surface area contributed by atoms with E-state index in [-0.39, 0.29) is 5.56 Å². The zero-order valence-electron chi connectivity index (χ0n) is 12.4. The van der Waals surface area contributed by atoms with Crippen LogP contribution in [0.1, 0.15) is 6.92 Å². The van der Waals surface area contributed by atoms with Crippen molar-refractivity contribution in [3.63, 3.8) is 0 Å². The molecule has 3 aromatic rings. The zero-order valence-corrected chi connectivity index (χ0v) is 12.4. The lowest BCUT2D eigenvalue weighted by Crippen LogP contribution is -2.10. The number of benzene rings is 2. The highest BCUT2D eigenvalue weighted by molar-refractivity contribution is 5.80. The van der Waals surface area contributed by atoms with Crippen molar-refractivity contribution in [3.8, 4) is 22.9 Å². The van der Waals surface area contributed by atoms with Crippen LogP contribution in [-0.4, -0.2) is 23.7 Å². The first kappa shape index (κ1) is 14.1. The Labute approximate surface area is 127 Å². The minimum Gasteiger partial charge on any atom is -0.493 e. The number of hydrogen-bond donors (Lipinski definition) is 1. The fourth-order valence-corrected chi connectivity index (χ4v) is 2.37. The van der Waals surface area contributed by atoms with Crippen LogP contribution >= 0.6 is 0 Å². The first-order chi connectivity index (χ1) is 10.7. The molecule has 0 aliphatic carbocycles. The summed E-state index contributed by atoms with van der Waals surface area (Å²) in [6.45, 7) is 2.39. The normalized spacial score (nSPS) is 10.6. The molecule has 5 nitrogen and oxygen atoms in total. The number of nitrogens with zero attached hydrogens (tertiary/aromatic N) is 1. The number of methoxy groups -OCH3 is 1. The van der Waals surface area contributed by atoms with Gasteiger partial charge in [0.2, 0.25) is 0 Å². The summed E-state index contributed by atoms with van der Waals surface area (Å²) < 4.78 is 11.0. The van der Waals surface area contributed by atoms with E-state index in [1.807, 2.05) is 43.3 Å². The highest BCUT2D eigenvalue weighted by Gasteiger charge is 2.15. The molecule has 1 aromatic heterocycles. The largest absolute Gasteiger partial charge is 0.493 e. The molecule has 0 aliphatic heterocycles. The van der Waals surface area contributed by atoms with Crippen molar-refractivity contribution < 1.29 is 9.47 Å². The molecule has 3 rings (SSSR count). The Hall–Kier alpha value is -2.82. The third-order valence-electron chi connectivity index (χ3n) is 3.36. The summed E-state index contributed by atoms with van der Waals surface area (Å²) in [5, 5.41) is 0.562. The Kier molecular flexibility index (Phi) is 3.78. The number of aromatic amines is 1. The summed E-state index contributed by atoms with van der Waals surface area (Å²) in [5.74, 6) is 1.65. The molecule has 0 saturated carbocycles. The van der Waals surface area contributed by atoms with Crippen LogP contribution in [0.3, 0.4) is 0 Å². The van der Waals surface area contributed by atoms with E-state index in [0.29, 0.717) is 40.4 Å². The third-order valence-corrected chi connectivity index (χ3v) is 3.36. The van der Waals surface area contributed by atoms with Crippen LogP contribution in [0.4, 0.5) is 0 Å². The highest BCUT2D eigenvalue weighted by atomic mass is 16.5. The Balaban J connectivity index is 2.25. The summed E-state index contributed by atoms with van der Waals surface area (Å²) >= 11 is 0. The molecule has 0 radical (unpaired) electrons. The van der Waals surface area contributed by atoms with Gasteiger partial charge >= 0.3 is 0 Å². The molecule has 0 amide bonds. The number of hydrogen-bond acceptors (Lipinski definition) is 4. The Bertz CT molecular complexity index is 871. The molecule has 0 fully saturated rings. The van der Waals surface area contributed by atoms with E-state index >= 15 is 0 Å². The highest BCUT2D eigenvalue weighted by Crippen LogP contribution is 2.36. The van der Waals surface area contributed by atoms with E-state index in [1.165, 1.54) is 0 Å². The van der Waals surface area contributed by atoms with Gasteiger partial charge in [-0.1, -0.05) is 18.2 Å². The van der Waals surface area contributed by atoms with Gasteiger partial charge in [0, 0.05) is 0 Å². The van der Waals surface area contributed by atoms with Gasteiger partial charge in [0.05, 0.1) is 30.2 Å². The van der Waals surface area contributed by atoms with Gasteiger partial charge in [-0.3, -0.25) is 4.79 Å². The molecule has 112 valence electrons. The van der Waals surface area contributed by atoms with Crippen molar-refractivity contribution in [2.45, 2.75) is 6.92 Å². The maximum absolute atomic E-state index is 12.2. The summed E-state index contributed by atoms with van der Waals surface area (Å²) in [5.41, 5.74) is 1.17. The predicted octanol–water partition coefficient (Wildman–Crippen LogP) is 3.00. The molecule has 0 atom stereocenters. The van der Waals surface area contributed by atoms with Gasteiger partial charge in [0.25, 0.3) is 5.56 Å². The minimum atomic E-state index is -0.175. The number of nitrogens with one attached hydrogen (secondary N) is 1. The van der Waals surface area contributed by atoms with Gasteiger partial charge in [-0.2, -0.15) is 0 Å². The SMILES string of the molecule is CCOc1c(OC)cccc1-c1nc2ccccc2c(=O)[nH]1. The van der Waals surface area contributed by atoms with Crippen molar-refractivity contribution in [3.05, 3.63) is 52.8 Å². The molecular weight excluding hydrogens is 280 g/mol. The number of H-pyrrole nitrogens is 1. The number of rotatable bonds is 4. The molecular formula is C17H16N2O3. The van der Waals surface area contributed by atoms with Gasteiger partial charge < -0.3 is 14.5 Å². The van der Waals surface area contributed by atoms with Crippen LogP contribution in [0.2, 0.25) is 0 Å². The van der Waals surface area contributed by atoms with Crippen LogP contribution in [-0.2, 0) is 0 Å². The quantitative estimate of drug-likeness (QED) is 0.804. The average Bonchev–Trinajstić information content (AvgIpc) is 2.55. The van der Waals surface area contributed by atoms with Crippen molar-refractivity contribution in [1.29, 1.82) is 0 Å². The number of para-hydroxylation sites is 2. The molecule has 5 heteroatoms. The molecule has 0 unspecified atom stereocenters. The summed E-state index contributed by atoms with van der Waals surface area (Å²) in [4.78, 5) is 19.6. The van der Waals surface area contributed by atoms with E-state index in [1.54, 1.807) is 13.2 Å². The molecule has 1 N–H and O–H groups in total. The topological polar surface area (TPSA) is 64.2 Å². The monoisotopic (exact) mass is 296 g/mol. The Morgan fingerprint density at radius 3 is 2.73 bits per heavy atom. The molecule has 1 heterocycles. The van der Waals surface area contributed by atoms with Crippen molar-refractivity contribution in [2.24, 2.45) is 0 Å². The van der Waals surface area contributed by atoms with E-state index < -0.39 is 0 Å². The summed E-state index contributed by atoms with van der Waals surface area (Å²) in [7, 11) is 1.58. The number of ether oxygens (including phenoxy) is 2. The van der Waals surface area contributed by atoms with Crippen LogP contribution in [0, 0.1) is 0 Å². The van der Waals surface area contributed by atoms with Gasteiger partial charge in [-0.15, -0.1) is 0 Å². The van der Waals surface area contributed by atoms with Crippen molar-refractivity contribution in [1.82, 2.24) is 9.97 Å². The maximum atomic E-state index is 12.2. The lowest BCUT2D eigenvalue weighted by molar-refractivity contribution is 0.312. The standard InChI is InChI=1S/C17H16N2O3/c1-3-22-15-12(8-6-10-14(15)21-2)16-18-13-9-5-4-7-11(13)17(20)19-16/h4-10H,3H2,1-2H3,(H,18,19,20). The first-order valence-corrected chi connectivity index (χ1v) is 7.03. The molecule has 0 bridgehead atoms. The van der Waals surface area contributed by atoms with E-state index in [9.17, 15) is 4.79 Å². The Morgan fingerprint density at radius 1 is 1.14 bits per heavy atom. The van der Waals surface area contributed by atoms with Gasteiger partial charge in [0.15, 0.2) is 11.5 Å². The molecule has 22 heavy (non-hydrogen) atoms. The average molecular weight is 296 g/mol.